The first kappa shape index (κ1) is 13.6. The van der Waals surface area contributed by atoms with Gasteiger partial charge in [-0.1, -0.05) is 23.7 Å². The second kappa shape index (κ2) is 5.45. The average molecular weight is 285 g/mol. The molecule has 0 saturated carbocycles. The molecule has 0 spiro atoms. The minimum absolute atomic E-state index is 0.112. The van der Waals surface area contributed by atoms with Gasteiger partial charge in [-0.05, 0) is 29.8 Å². The molecule has 0 atom stereocenters. The van der Waals surface area contributed by atoms with Gasteiger partial charge in [-0.2, -0.15) is 0 Å². The fraction of sp³-hybridized carbons (Fsp3) is 0.0714. The summed E-state index contributed by atoms with van der Waals surface area (Å²) in [6.07, 6.45) is -0.415. The lowest BCUT2D eigenvalue weighted by Crippen LogP contribution is -2.08. The summed E-state index contributed by atoms with van der Waals surface area (Å²) in [7, 11) is 0. The van der Waals surface area contributed by atoms with Gasteiger partial charge in [0.1, 0.15) is 5.82 Å². The van der Waals surface area contributed by atoms with E-state index in [1.54, 1.807) is 0 Å². The summed E-state index contributed by atoms with van der Waals surface area (Å²) in [5.41, 5.74) is -0.313. The van der Waals surface area contributed by atoms with E-state index in [9.17, 15) is 18.0 Å². The largest absolute Gasteiger partial charge is 0.294 e. The van der Waals surface area contributed by atoms with E-state index < -0.39 is 29.7 Å². The van der Waals surface area contributed by atoms with Gasteiger partial charge in [0.25, 0.3) is 0 Å². The molecule has 1 nitrogen and oxygen atoms in total. The number of carbonyl (C=O) groups is 1. The van der Waals surface area contributed by atoms with Gasteiger partial charge in [-0.15, -0.1) is 0 Å². The molecule has 19 heavy (non-hydrogen) atoms. The van der Waals surface area contributed by atoms with Crippen LogP contribution in [0, 0.1) is 17.5 Å². The van der Waals surface area contributed by atoms with Crippen molar-refractivity contribution in [3.63, 3.8) is 0 Å². The highest BCUT2D eigenvalue weighted by atomic mass is 35.5. The van der Waals surface area contributed by atoms with Crippen LogP contribution in [0.4, 0.5) is 13.2 Å². The molecule has 0 aromatic heterocycles. The predicted octanol–water partition coefficient (Wildman–Crippen LogP) is 4.18. The Balaban J connectivity index is 2.28. The SMILES string of the molecule is O=C(Cc1cccc(F)c1F)c1ccc(Cl)cc1F. The average Bonchev–Trinajstić information content (AvgIpc) is 2.34. The Kier molecular flexibility index (Phi) is 3.90. The summed E-state index contributed by atoms with van der Waals surface area (Å²) in [6.45, 7) is 0. The summed E-state index contributed by atoms with van der Waals surface area (Å²) >= 11 is 5.57. The van der Waals surface area contributed by atoms with E-state index in [-0.39, 0.29) is 16.1 Å². The van der Waals surface area contributed by atoms with E-state index in [2.05, 4.69) is 0 Å². The molecule has 2 rings (SSSR count). The molecule has 5 heteroatoms. The molecule has 0 aliphatic heterocycles. The minimum Gasteiger partial charge on any atom is -0.294 e. The van der Waals surface area contributed by atoms with Crippen LogP contribution in [0.1, 0.15) is 15.9 Å². The Labute approximate surface area is 112 Å². The van der Waals surface area contributed by atoms with Gasteiger partial charge >= 0.3 is 0 Å². The molecule has 2 aromatic rings. The predicted molar refractivity (Wildman–Crippen MR) is 65.8 cm³/mol. The van der Waals surface area contributed by atoms with E-state index in [0.29, 0.717) is 0 Å². The second-order valence-electron chi connectivity index (χ2n) is 3.94. The summed E-state index contributed by atoms with van der Waals surface area (Å²) in [4.78, 5) is 11.8. The first-order chi connectivity index (χ1) is 8.99. The van der Waals surface area contributed by atoms with E-state index in [1.165, 1.54) is 24.3 Å². The van der Waals surface area contributed by atoms with Gasteiger partial charge in [0.2, 0.25) is 0 Å². The van der Waals surface area contributed by atoms with Gasteiger partial charge < -0.3 is 0 Å². The van der Waals surface area contributed by atoms with Crippen LogP contribution in [0.5, 0.6) is 0 Å². The van der Waals surface area contributed by atoms with Crippen LogP contribution in [-0.4, -0.2) is 5.78 Å². The third-order valence-corrected chi connectivity index (χ3v) is 2.85. The van der Waals surface area contributed by atoms with E-state index in [1.807, 2.05) is 0 Å². The zero-order valence-corrected chi connectivity index (χ0v) is 10.3. The van der Waals surface area contributed by atoms with Crippen LogP contribution in [0.25, 0.3) is 0 Å². The van der Waals surface area contributed by atoms with Crippen LogP contribution >= 0.6 is 11.6 Å². The number of hydrogen-bond acceptors (Lipinski definition) is 1. The van der Waals surface area contributed by atoms with Crippen molar-refractivity contribution in [1.82, 2.24) is 0 Å². The molecule has 0 unspecified atom stereocenters. The first-order valence-corrected chi connectivity index (χ1v) is 5.78. The molecule has 98 valence electrons. The quantitative estimate of drug-likeness (QED) is 0.773. The van der Waals surface area contributed by atoms with Crippen molar-refractivity contribution in [2.45, 2.75) is 6.42 Å². The molecule has 0 aliphatic rings. The molecule has 0 fully saturated rings. The summed E-state index contributed by atoms with van der Waals surface area (Å²) in [5.74, 6) is -3.56. The third-order valence-electron chi connectivity index (χ3n) is 2.61. The highest BCUT2D eigenvalue weighted by Crippen LogP contribution is 2.18. The lowest BCUT2D eigenvalue weighted by molar-refractivity contribution is 0.0988. The van der Waals surface area contributed by atoms with Crippen LogP contribution in [0.15, 0.2) is 36.4 Å². The number of halogens is 4. The van der Waals surface area contributed by atoms with E-state index in [0.717, 1.165) is 12.1 Å². The lowest BCUT2D eigenvalue weighted by atomic mass is 10.0. The van der Waals surface area contributed by atoms with E-state index >= 15 is 0 Å². The van der Waals surface area contributed by atoms with Crippen molar-refractivity contribution >= 4 is 17.4 Å². The van der Waals surface area contributed by atoms with Gasteiger partial charge in [0.15, 0.2) is 17.4 Å². The van der Waals surface area contributed by atoms with Crippen molar-refractivity contribution in [3.05, 3.63) is 70.0 Å². The normalized spacial score (nSPS) is 10.5. The maximum atomic E-state index is 13.5. The van der Waals surface area contributed by atoms with E-state index in [4.69, 9.17) is 11.6 Å². The fourth-order valence-electron chi connectivity index (χ4n) is 1.67. The number of carbonyl (C=O) groups excluding carboxylic acids is 1. The van der Waals surface area contributed by atoms with Crippen molar-refractivity contribution in [2.24, 2.45) is 0 Å². The number of Topliss-reactive ketones (excluding diaryl/α,β-unsaturated/α-hetero) is 1. The van der Waals surface area contributed by atoms with Crippen molar-refractivity contribution in [2.75, 3.05) is 0 Å². The van der Waals surface area contributed by atoms with Crippen LogP contribution in [0.3, 0.4) is 0 Å². The van der Waals surface area contributed by atoms with Crippen molar-refractivity contribution in [3.8, 4) is 0 Å². The van der Waals surface area contributed by atoms with Crippen molar-refractivity contribution in [1.29, 1.82) is 0 Å². The molecule has 0 bridgehead atoms. The number of rotatable bonds is 3. The summed E-state index contributed by atoms with van der Waals surface area (Å²) < 4.78 is 39.9. The number of ketones is 1. The molecule has 0 amide bonds. The molecule has 0 N–H and O–H groups in total. The number of hydrogen-bond donors (Lipinski definition) is 0. The molecule has 0 radical (unpaired) electrons. The topological polar surface area (TPSA) is 17.1 Å². The minimum atomic E-state index is -1.09. The molecule has 0 aliphatic carbocycles. The molecular formula is C14H8ClF3O. The van der Waals surface area contributed by atoms with Crippen LogP contribution in [0.2, 0.25) is 5.02 Å². The molecule has 2 aromatic carbocycles. The van der Waals surface area contributed by atoms with Gasteiger partial charge in [0.05, 0.1) is 5.56 Å². The van der Waals surface area contributed by atoms with Crippen molar-refractivity contribution < 1.29 is 18.0 Å². The van der Waals surface area contributed by atoms with Crippen LogP contribution < -0.4 is 0 Å². The van der Waals surface area contributed by atoms with Gasteiger partial charge in [0, 0.05) is 11.4 Å². The zero-order chi connectivity index (χ0) is 14.0. The smallest absolute Gasteiger partial charge is 0.170 e. The zero-order valence-electron chi connectivity index (χ0n) is 9.59. The Morgan fingerprint density at radius 3 is 2.47 bits per heavy atom. The maximum Gasteiger partial charge on any atom is 0.170 e. The second-order valence-corrected chi connectivity index (χ2v) is 4.37. The molecule has 0 heterocycles. The standard InChI is InChI=1S/C14H8ClF3O/c15-9-4-5-10(12(17)7-9)13(19)6-8-2-1-3-11(16)14(8)18/h1-5,7H,6H2. The molecule has 0 saturated heterocycles. The first-order valence-electron chi connectivity index (χ1n) is 5.40. The maximum absolute atomic E-state index is 13.5. The van der Waals surface area contributed by atoms with Gasteiger partial charge in [-0.25, -0.2) is 13.2 Å². The van der Waals surface area contributed by atoms with Gasteiger partial charge in [-0.3, -0.25) is 4.79 Å². The Bertz CT molecular complexity index is 641. The highest BCUT2D eigenvalue weighted by Gasteiger charge is 2.16. The summed E-state index contributed by atoms with van der Waals surface area (Å²) in [5, 5.41) is 0.158. The molecular weight excluding hydrogens is 277 g/mol. The monoisotopic (exact) mass is 284 g/mol. The highest BCUT2D eigenvalue weighted by molar-refractivity contribution is 6.30. The fourth-order valence-corrected chi connectivity index (χ4v) is 1.83. The number of benzene rings is 2. The lowest BCUT2D eigenvalue weighted by Gasteiger charge is -2.05. The Morgan fingerprint density at radius 2 is 1.79 bits per heavy atom. The Morgan fingerprint density at radius 1 is 1.05 bits per heavy atom. The summed E-state index contributed by atoms with van der Waals surface area (Å²) in [6, 6.07) is 7.10. The Hall–Kier alpha value is -1.81. The third kappa shape index (κ3) is 2.96. The van der Waals surface area contributed by atoms with Crippen LogP contribution in [-0.2, 0) is 6.42 Å².